The fraction of sp³-hybridized carbons (Fsp3) is 0.833. The highest BCUT2D eigenvalue weighted by molar-refractivity contribution is 4.78. The molecule has 1 radical (unpaired) electrons. The largest absolute Gasteiger partial charge is 0.302 e. The van der Waals surface area contributed by atoms with E-state index >= 15 is 0 Å². The van der Waals surface area contributed by atoms with Crippen LogP contribution in [0.1, 0.15) is 13.3 Å². The second kappa shape index (κ2) is 1.83. The van der Waals surface area contributed by atoms with Crippen molar-refractivity contribution in [1.82, 2.24) is 4.90 Å². The fourth-order valence-corrected chi connectivity index (χ4v) is 1.00. The molecule has 1 nitrogen and oxygen atoms in total. The van der Waals surface area contributed by atoms with Crippen LogP contribution in [0.25, 0.3) is 0 Å². The molecule has 0 N–H and O–H groups in total. The van der Waals surface area contributed by atoms with E-state index in [0.29, 0.717) is 0 Å². The monoisotopic (exact) mass is 98.1 g/mol. The van der Waals surface area contributed by atoms with Crippen molar-refractivity contribution < 1.29 is 0 Å². The van der Waals surface area contributed by atoms with Gasteiger partial charge >= 0.3 is 0 Å². The van der Waals surface area contributed by atoms with Gasteiger partial charge in [-0.2, -0.15) is 0 Å². The lowest BCUT2D eigenvalue weighted by atomic mass is 10.2. The predicted molar refractivity (Wildman–Crippen MR) is 30.7 cm³/mol. The topological polar surface area (TPSA) is 3.24 Å². The summed E-state index contributed by atoms with van der Waals surface area (Å²) < 4.78 is 0. The van der Waals surface area contributed by atoms with Crippen LogP contribution in [0.2, 0.25) is 0 Å². The van der Waals surface area contributed by atoms with Crippen molar-refractivity contribution in [2.75, 3.05) is 13.6 Å². The minimum absolute atomic E-state index is 0.894. The summed E-state index contributed by atoms with van der Waals surface area (Å²) in [7, 11) is 2.13. The van der Waals surface area contributed by atoms with E-state index in [4.69, 9.17) is 0 Å². The zero-order chi connectivity index (χ0) is 5.28. The van der Waals surface area contributed by atoms with Crippen LogP contribution < -0.4 is 0 Å². The summed E-state index contributed by atoms with van der Waals surface area (Å²) in [5.41, 5.74) is 0. The number of likely N-dealkylation sites (tertiary alicyclic amines) is 1. The molecule has 0 aliphatic carbocycles. The molecule has 0 aromatic carbocycles. The zero-order valence-corrected chi connectivity index (χ0v) is 5.02. The minimum Gasteiger partial charge on any atom is -0.302 e. The maximum Gasteiger partial charge on any atom is 0.0251 e. The molecule has 7 heavy (non-hydrogen) atoms. The molecule has 1 saturated heterocycles. The van der Waals surface area contributed by atoms with Gasteiger partial charge in [0.2, 0.25) is 0 Å². The van der Waals surface area contributed by atoms with Crippen LogP contribution in [-0.2, 0) is 0 Å². The Kier molecular flexibility index (Phi) is 1.33. The highest BCUT2D eigenvalue weighted by atomic mass is 15.1. The summed E-state index contributed by atoms with van der Waals surface area (Å²) >= 11 is 0. The molecular weight excluding hydrogens is 86.1 g/mol. The molecule has 1 fully saturated rings. The lowest BCUT2D eigenvalue weighted by Crippen LogP contribution is -2.09. The van der Waals surface area contributed by atoms with E-state index in [0.717, 1.165) is 5.92 Å². The molecule has 1 aliphatic heterocycles. The predicted octanol–water partition coefficient (Wildman–Crippen LogP) is 1.12. The van der Waals surface area contributed by atoms with E-state index in [9.17, 15) is 0 Å². The first kappa shape index (κ1) is 5.10. The van der Waals surface area contributed by atoms with Gasteiger partial charge in [-0.05, 0) is 19.4 Å². The maximum atomic E-state index is 2.28. The number of rotatable bonds is 0. The molecule has 1 unspecified atom stereocenters. The van der Waals surface area contributed by atoms with Crippen molar-refractivity contribution in [2.24, 2.45) is 5.92 Å². The van der Waals surface area contributed by atoms with Crippen molar-refractivity contribution in [3.8, 4) is 0 Å². The summed E-state index contributed by atoms with van der Waals surface area (Å²) in [6.07, 6.45) is 1.27. The van der Waals surface area contributed by atoms with Gasteiger partial charge in [-0.3, -0.25) is 0 Å². The Balaban J connectivity index is 2.26. The van der Waals surface area contributed by atoms with Gasteiger partial charge in [-0.1, -0.05) is 6.92 Å². The summed E-state index contributed by atoms with van der Waals surface area (Å²) in [5, 5.41) is 0. The average Bonchev–Trinajstić information content (AvgIpc) is 1.87. The summed E-state index contributed by atoms with van der Waals surface area (Å²) in [6, 6.07) is 0. The third-order valence-corrected chi connectivity index (χ3v) is 1.42. The molecular formula is C6H12N. The van der Waals surface area contributed by atoms with Gasteiger partial charge in [0.1, 0.15) is 0 Å². The molecule has 0 aromatic rings. The second-order valence-electron chi connectivity index (χ2n) is 2.46. The summed E-state index contributed by atoms with van der Waals surface area (Å²) in [4.78, 5) is 2.25. The van der Waals surface area contributed by atoms with E-state index in [2.05, 4.69) is 25.4 Å². The number of hydrogen-bond acceptors (Lipinski definition) is 1. The lowest BCUT2D eigenvalue weighted by molar-refractivity contribution is 0.441. The van der Waals surface area contributed by atoms with Crippen LogP contribution in [0.3, 0.4) is 0 Å². The molecule has 41 valence electrons. The molecule has 0 bridgehead atoms. The Morgan fingerprint density at radius 3 is 2.57 bits per heavy atom. The van der Waals surface area contributed by atoms with E-state index in [1.807, 2.05) is 0 Å². The first-order valence-electron chi connectivity index (χ1n) is 2.82. The van der Waals surface area contributed by atoms with Crippen molar-refractivity contribution in [2.45, 2.75) is 13.3 Å². The maximum absolute atomic E-state index is 2.28. The van der Waals surface area contributed by atoms with Crippen molar-refractivity contribution in [3.05, 3.63) is 6.54 Å². The van der Waals surface area contributed by atoms with Crippen LogP contribution in [0.15, 0.2) is 0 Å². The summed E-state index contributed by atoms with van der Waals surface area (Å²) in [5.74, 6) is 0.894. The Morgan fingerprint density at radius 2 is 2.43 bits per heavy atom. The zero-order valence-electron chi connectivity index (χ0n) is 5.02. The Morgan fingerprint density at radius 1 is 1.71 bits per heavy atom. The van der Waals surface area contributed by atoms with Crippen LogP contribution in [0.4, 0.5) is 0 Å². The Labute approximate surface area is 45.3 Å². The molecule has 0 aromatic heterocycles. The van der Waals surface area contributed by atoms with Gasteiger partial charge < -0.3 is 4.90 Å². The molecule has 0 amide bonds. The number of nitrogens with zero attached hydrogens (tertiary/aromatic N) is 1. The highest BCUT2D eigenvalue weighted by Crippen LogP contribution is 2.15. The van der Waals surface area contributed by atoms with Crippen molar-refractivity contribution >= 4 is 0 Å². The third-order valence-electron chi connectivity index (χ3n) is 1.42. The number of hydrogen-bond donors (Lipinski definition) is 0. The van der Waals surface area contributed by atoms with E-state index < -0.39 is 0 Å². The van der Waals surface area contributed by atoms with Gasteiger partial charge in [-0.15, -0.1) is 0 Å². The first-order valence-corrected chi connectivity index (χ1v) is 2.82. The van der Waals surface area contributed by atoms with Crippen LogP contribution in [0, 0.1) is 12.5 Å². The SMILES string of the molecule is CC1C[CH]N(C)C1. The van der Waals surface area contributed by atoms with Gasteiger partial charge in [0.05, 0.1) is 0 Å². The normalized spacial score (nSPS) is 34.3. The summed E-state index contributed by atoms with van der Waals surface area (Å²) in [6.45, 7) is 5.78. The van der Waals surface area contributed by atoms with Crippen LogP contribution in [-0.4, -0.2) is 18.5 Å². The van der Waals surface area contributed by atoms with Gasteiger partial charge in [-0.25, -0.2) is 0 Å². The van der Waals surface area contributed by atoms with Gasteiger partial charge in [0.15, 0.2) is 0 Å². The highest BCUT2D eigenvalue weighted by Gasteiger charge is 2.13. The smallest absolute Gasteiger partial charge is 0.0251 e. The molecule has 1 heteroatoms. The molecule has 0 saturated carbocycles. The molecule has 1 aliphatic rings. The molecule has 1 heterocycles. The van der Waals surface area contributed by atoms with Crippen LogP contribution in [0.5, 0.6) is 0 Å². The molecule has 1 atom stereocenters. The Bertz CT molecular complexity index is 53.2. The van der Waals surface area contributed by atoms with E-state index in [-0.39, 0.29) is 0 Å². The minimum atomic E-state index is 0.894. The van der Waals surface area contributed by atoms with Gasteiger partial charge in [0, 0.05) is 13.1 Å². The molecule has 1 rings (SSSR count). The van der Waals surface area contributed by atoms with Crippen molar-refractivity contribution in [1.29, 1.82) is 0 Å². The van der Waals surface area contributed by atoms with Gasteiger partial charge in [0.25, 0.3) is 0 Å². The molecule has 0 spiro atoms. The Hall–Kier alpha value is -0.0400. The third kappa shape index (κ3) is 1.16. The first-order chi connectivity index (χ1) is 3.29. The van der Waals surface area contributed by atoms with E-state index in [1.54, 1.807) is 0 Å². The van der Waals surface area contributed by atoms with E-state index in [1.165, 1.54) is 13.0 Å². The fourth-order valence-electron chi connectivity index (χ4n) is 1.00. The standard InChI is InChI=1S/C6H12N/c1-6-3-4-7(2)5-6/h4,6H,3,5H2,1-2H3. The van der Waals surface area contributed by atoms with Crippen molar-refractivity contribution in [3.63, 3.8) is 0 Å². The average molecular weight is 98.2 g/mol. The van der Waals surface area contributed by atoms with Crippen LogP contribution >= 0.6 is 0 Å². The second-order valence-corrected chi connectivity index (χ2v) is 2.46. The quantitative estimate of drug-likeness (QED) is 0.439. The lowest BCUT2D eigenvalue weighted by Gasteiger charge is -2.02.